The highest BCUT2D eigenvalue weighted by Crippen LogP contribution is 2.50. The number of rotatable bonds is 6. The van der Waals surface area contributed by atoms with E-state index in [0.29, 0.717) is 13.8 Å². The van der Waals surface area contributed by atoms with Gasteiger partial charge in [0.25, 0.3) is 5.60 Å². The summed E-state index contributed by atoms with van der Waals surface area (Å²) < 4.78 is 84.9. The van der Waals surface area contributed by atoms with E-state index in [1.54, 1.807) is 12.1 Å². The first-order chi connectivity index (χ1) is 15.3. The van der Waals surface area contributed by atoms with Gasteiger partial charge in [0.1, 0.15) is 5.75 Å². The number of hydrogen-bond acceptors (Lipinski definition) is 2. The third-order valence-corrected chi connectivity index (χ3v) is 7.31. The molecule has 0 radical (unpaired) electrons. The molecule has 0 spiro atoms. The van der Waals surface area contributed by atoms with Gasteiger partial charge in [-0.05, 0) is 62.4 Å². The maximum atomic E-state index is 13.3. The number of aliphatic hydroxyl groups is 1. The quantitative estimate of drug-likeness (QED) is 0.306. The zero-order chi connectivity index (χ0) is 24.5. The van der Waals surface area contributed by atoms with Gasteiger partial charge in [0.15, 0.2) is 20.3 Å². The van der Waals surface area contributed by atoms with Crippen LogP contribution in [0.2, 0.25) is 0 Å². The number of alkyl halides is 6. The van der Waals surface area contributed by atoms with E-state index in [0.717, 1.165) is 14.7 Å². The Hall–Kier alpha value is -2.65. The molecule has 0 atom stereocenters. The van der Waals surface area contributed by atoms with Crippen LogP contribution in [0.25, 0.3) is 0 Å². The molecule has 2 nitrogen and oxygen atoms in total. The van der Waals surface area contributed by atoms with Crippen LogP contribution in [0.5, 0.6) is 5.75 Å². The van der Waals surface area contributed by atoms with Gasteiger partial charge in [0.05, 0.1) is 10.9 Å². The highest BCUT2D eigenvalue weighted by molar-refractivity contribution is 7.97. The van der Waals surface area contributed by atoms with E-state index in [1.807, 2.05) is 60.7 Å². The van der Waals surface area contributed by atoms with Crippen molar-refractivity contribution in [3.8, 4) is 5.75 Å². The second-order valence-corrected chi connectivity index (χ2v) is 9.75. The standard InChI is InChI=1S/C24H21F6O2S/c1-21(2,22(31,23(25,26)27)24(28,29)30)32-17-13-15-20(16-14-17)33(18-9-5-3-6-10-18)19-11-7-4-8-12-19/h3-16,31H,1-2H3/q+1. The molecule has 0 fully saturated rings. The van der Waals surface area contributed by atoms with Gasteiger partial charge >= 0.3 is 12.4 Å². The van der Waals surface area contributed by atoms with E-state index in [4.69, 9.17) is 4.74 Å². The lowest BCUT2D eigenvalue weighted by Gasteiger charge is -2.43. The number of halogens is 6. The van der Waals surface area contributed by atoms with Gasteiger partial charge in [-0.1, -0.05) is 36.4 Å². The van der Waals surface area contributed by atoms with Gasteiger partial charge in [0.2, 0.25) is 0 Å². The summed E-state index contributed by atoms with van der Waals surface area (Å²) in [5.41, 5.74) is -8.12. The Labute approximate surface area is 190 Å². The Morgan fingerprint density at radius 2 is 0.970 bits per heavy atom. The molecule has 0 bridgehead atoms. The van der Waals surface area contributed by atoms with E-state index in [2.05, 4.69) is 0 Å². The van der Waals surface area contributed by atoms with Crippen LogP contribution >= 0.6 is 0 Å². The van der Waals surface area contributed by atoms with E-state index in [-0.39, 0.29) is 5.75 Å². The van der Waals surface area contributed by atoms with Gasteiger partial charge in [-0.2, -0.15) is 26.3 Å². The predicted molar refractivity (Wildman–Crippen MR) is 113 cm³/mol. The smallest absolute Gasteiger partial charge is 0.430 e. The third kappa shape index (κ3) is 4.84. The SMILES string of the molecule is CC(C)(Oc1ccc([S+](c2ccccc2)c2ccccc2)cc1)C(O)(C(F)(F)F)C(F)(F)F. The first kappa shape index (κ1) is 25.0. The summed E-state index contributed by atoms with van der Waals surface area (Å²) in [7, 11) is -0.556. The molecule has 9 heteroatoms. The molecular formula is C24H21F6O2S+. The minimum Gasteiger partial charge on any atom is -0.484 e. The Kier molecular flexibility index (Phi) is 6.77. The summed E-state index contributed by atoms with van der Waals surface area (Å²) in [6.45, 7) is 1.11. The Morgan fingerprint density at radius 1 is 0.606 bits per heavy atom. The summed E-state index contributed by atoms with van der Waals surface area (Å²) in [4.78, 5) is 2.77. The molecule has 33 heavy (non-hydrogen) atoms. The van der Waals surface area contributed by atoms with Crippen molar-refractivity contribution in [2.45, 2.75) is 52.1 Å². The van der Waals surface area contributed by atoms with Crippen molar-refractivity contribution in [3.05, 3.63) is 84.9 Å². The molecule has 0 unspecified atom stereocenters. The molecule has 3 rings (SSSR count). The lowest BCUT2D eigenvalue weighted by molar-refractivity contribution is -0.403. The van der Waals surface area contributed by atoms with Crippen molar-refractivity contribution in [3.63, 3.8) is 0 Å². The zero-order valence-corrected chi connectivity index (χ0v) is 18.4. The molecular weight excluding hydrogens is 466 g/mol. The van der Waals surface area contributed by atoms with Crippen LogP contribution in [0.1, 0.15) is 13.8 Å². The molecule has 0 saturated carbocycles. The average Bonchev–Trinajstić information content (AvgIpc) is 2.74. The van der Waals surface area contributed by atoms with Gasteiger partial charge in [-0.15, -0.1) is 0 Å². The fourth-order valence-electron chi connectivity index (χ4n) is 3.38. The van der Waals surface area contributed by atoms with Gasteiger partial charge in [-0.25, -0.2) is 0 Å². The molecule has 0 heterocycles. The molecule has 3 aromatic carbocycles. The van der Waals surface area contributed by atoms with Crippen LogP contribution in [-0.4, -0.2) is 28.7 Å². The van der Waals surface area contributed by atoms with Gasteiger partial charge in [-0.3, -0.25) is 0 Å². The maximum Gasteiger partial charge on any atom is 0.430 e. The fraction of sp³-hybridized carbons (Fsp3) is 0.250. The number of benzene rings is 3. The van der Waals surface area contributed by atoms with E-state index in [1.165, 1.54) is 12.1 Å². The van der Waals surface area contributed by atoms with Crippen molar-refractivity contribution >= 4 is 10.9 Å². The van der Waals surface area contributed by atoms with Crippen molar-refractivity contribution in [2.24, 2.45) is 0 Å². The van der Waals surface area contributed by atoms with Crippen molar-refractivity contribution in [2.75, 3.05) is 0 Å². The minimum atomic E-state index is -6.00. The fourth-order valence-corrected chi connectivity index (χ4v) is 5.46. The van der Waals surface area contributed by atoms with E-state index < -0.39 is 34.4 Å². The first-order valence-corrected chi connectivity index (χ1v) is 11.0. The summed E-state index contributed by atoms with van der Waals surface area (Å²) in [5, 5.41) is 9.74. The summed E-state index contributed by atoms with van der Waals surface area (Å²) in [6.07, 6.45) is -12.0. The minimum absolute atomic E-state index is 0.236. The van der Waals surface area contributed by atoms with Gasteiger partial charge in [0, 0.05) is 0 Å². The lowest BCUT2D eigenvalue weighted by atomic mass is 9.84. The van der Waals surface area contributed by atoms with E-state index >= 15 is 0 Å². The second-order valence-electron chi connectivity index (χ2n) is 7.72. The van der Waals surface area contributed by atoms with Crippen molar-refractivity contribution in [1.82, 2.24) is 0 Å². The predicted octanol–water partition coefficient (Wildman–Crippen LogP) is 6.80. The molecule has 176 valence electrons. The first-order valence-electron chi connectivity index (χ1n) is 9.77. The van der Waals surface area contributed by atoms with Crippen LogP contribution in [-0.2, 0) is 10.9 Å². The summed E-state index contributed by atoms with van der Waals surface area (Å²) in [6, 6.07) is 24.8. The summed E-state index contributed by atoms with van der Waals surface area (Å²) >= 11 is 0. The van der Waals surface area contributed by atoms with Crippen molar-refractivity contribution < 1.29 is 36.2 Å². The monoisotopic (exact) mass is 487 g/mol. The molecule has 1 N–H and O–H groups in total. The van der Waals surface area contributed by atoms with Crippen molar-refractivity contribution in [1.29, 1.82) is 0 Å². The van der Waals surface area contributed by atoms with Crippen LogP contribution in [0, 0.1) is 0 Å². The second kappa shape index (κ2) is 8.95. The van der Waals surface area contributed by atoms with Crippen LogP contribution in [0.4, 0.5) is 26.3 Å². The Morgan fingerprint density at radius 3 is 1.33 bits per heavy atom. The number of hydrogen-bond donors (Lipinski definition) is 1. The zero-order valence-electron chi connectivity index (χ0n) is 17.6. The number of ether oxygens (including phenoxy) is 1. The molecule has 3 aromatic rings. The molecule has 0 amide bonds. The average molecular weight is 487 g/mol. The molecule has 0 saturated heterocycles. The lowest BCUT2D eigenvalue weighted by Crippen LogP contribution is -2.70. The van der Waals surface area contributed by atoms with E-state index in [9.17, 15) is 31.4 Å². The molecule has 0 aliphatic carbocycles. The molecule has 0 aromatic heterocycles. The third-order valence-electron chi connectivity index (χ3n) is 5.08. The van der Waals surface area contributed by atoms with Gasteiger partial charge < -0.3 is 9.84 Å². The van der Waals surface area contributed by atoms with Crippen LogP contribution in [0.3, 0.4) is 0 Å². The highest BCUT2D eigenvalue weighted by atomic mass is 32.2. The highest BCUT2D eigenvalue weighted by Gasteiger charge is 2.78. The maximum absolute atomic E-state index is 13.3. The van der Waals surface area contributed by atoms with Crippen LogP contribution < -0.4 is 4.74 Å². The molecule has 0 aliphatic rings. The molecule has 0 aliphatic heterocycles. The Bertz CT molecular complexity index is 995. The normalized spacial score (nSPS) is 13.3. The van der Waals surface area contributed by atoms with Crippen LogP contribution in [0.15, 0.2) is 99.6 Å². The topological polar surface area (TPSA) is 29.5 Å². The largest absolute Gasteiger partial charge is 0.484 e. The summed E-state index contributed by atoms with van der Waals surface area (Å²) in [5.74, 6) is -0.236. The Balaban J connectivity index is 1.96.